The second-order valence-electron chi connectivity index (χ2n) is 6.17. The van der Waals surface area contributed by atoms with Gasteiger partial charge in [-0.3, -0.25) is 9.20 Å². The lowest BCUT2D eigenvalue weighted by Gasteiger charge is -2.13. The number of halogens is 3. The molecular weight excluding hydrogens is 367 g/mol. The molecule has 1 amide bonds. The molecule has 10 heteroatoms. The first kappa shape index (κ1) is 18.4. The van der Waals surface area contributed by atoms with Gasteiger partial charge in [-0.2, -0.15) is 13.2 Å². The van der Waals surface area contributed by atoms with Crippen LogP contribution in [0.25, 0.3) is 16.7 Å². The van der Waals surface area contributed by atoms with Gasteiger partial charge in [0.25, 0.3) is 5.91 Å². The summed E-state index contributed by atoms with van der Waals surface area (Å²) in [5, 5.41) is 7.51. The van der Waals surface area contributed by atoms with Crippen molar-refractivity contribution in [2.45, 2.75) is 30.3 Å². The number of rotatable bonds is 3. The van der Waals surface area contributed by atoms with Crippen molar-refractivity contribution < 1.29 is 18.0 Å². The highest BCUT2D eigenvalue weighted by molar-refractivity contribution is 8.00. The molecule has 2 heterocycles. The smallest absolute Gasteiger partial charge is 0.345 e. The van der Waals surface area contributed by atoms with Gasteiger partial charge in [0.15, 0.2) is 5.65 Å². The van der Waals surface area contributed by atoms with Crippen LogP contribution in [0.1, 0.15) is 30.0 Å². The molecule has 0 N–H and O–H groups in total. The number of hydrogen-bond acceptors (Lipinski definition) is 5. The van der Waals surface area contributed by atoms with Crippen molar-refractivity contribution >= 4 is 34.3 Å². The number of carbonyl (C=O) groups excluding carboxylic acids is 1. The molecule has 0 atom stereocenters. The topological polar surface area (TPSA) is 63.4 Å². The van der Waals surface area contributed by atoms with Crippen molar-refractivity contribution in [2.24, 2.45) is 0 Å². The van der Waals surface area contributed by atoms with E-state index in [1.54, 1.807) is 20.2 Å². The molecule has 0 saturated carbocycles. The fourth-order valence-electron chi connectivity index (χ4n) is 2.48. The lowest BCUT2D eigenvalue weighted by molar-refractivity contribution is -0.145. The van der Waals surface area contributed by atoms with Crippen LogP contribution < -0.4 is 0 Å². The summed E-state index contributed by atoms with van der Waals surface area (Å²) >= 11 is 1.31. The average molecular weight is 383 g/mol. The van der Waals surface area contributed by atoms with Crippen LogP contribution in [0.15, 0.2) is 23.2 Å². The number of carbonyl (C=O) groups is 1. The minimum absolute atomic E-state index is 0.0259. The Balaban J connectivity index is 2.38. The van der Waals surface area contributed by atoms with Gasteiger partial charge in [0.1, 0.15) is 5.03 Å². The molecule has 3 aromatic rings. The molecule has 0 unspecified atom stereocenters. The Kier molecular flexibility index (Phi) is 4.55. The molecule has 2 aromatic heterocycles. The van der Waals surface area contributed by atoms with Crippen LogP contribution in [-0.2, 0) is 6.18 Å². The number of hydrogen-bond donors (Lipinski definition) is 0. The van der Waals surface area contributed by atoms with E-state index in [0.29, 0.717) is 10.5 Å². The zero-order valence-corrected chi connectivity index (χ0v) is 15.3. The Bertz CT molecular complexity index is 997. The van der Waals surface area contributed by atoms with Gasteiger partial charge >= 0.3 is 6.18 Å². The summed E-state index contributed by atoms with van der Waals surface area (Å²) in [5.41, 5.74) is 0.758. The van der Waals surface area contributed by atoms with E-state index in [9.17, 15) is 18.0 Å². The van der Waals surface area contributed by atoms with Crippen LogP contribution in [0.4, 0.5) is 13.2 Å². The second kappa shape index (κ2) is 6.42. The van der Waals surface area contributed by atoms with Crippen LogP contribution in [0.5, 0.6) is 0 Å². The van der Waals surface area contributed by atoms with Crippen LogP contribution in [0.3, 0.4) is 0 Å². The van der Waals surface area contributed by atoms with Gasteiger partial charge in [-0.15, -0.1) is 10.2 Å². The summed E-state index contributed by atoms with van der Waals surface area (Å²) in [5.74, 6) is -1.46. The lowest BCUT2D eigenvalue weighted by atomic mass is 10.1. The van der Waals surface area contributed by atoms with E-state index in [-0.39, 0.29) is 27.9 Å². The third-order valence-corrected chi connectivity index (χ3v) is 4.52. The third kappa shape index (κ3) is 3.20. The number of thioether (sulfide) groups is 1. The van der Waals surface area contributed by atoms with E-state index in [2.05, 4.69) is 15.2 Å². The summed E-state index contributed by atoms with van der Waals surface area (Å²) < 4.78 is 41.2. The standard InChI is InChI=1S/C16H16F3N5OS/c1-8(2)26-13-12-21-22-15(16(17,18)19)24(12)11-7-9(14(25)23(3)4)5-6-10(11)20-13/h5-8H,1-4H3. The number of aromatic nitrogens is 4. The van der Waals surface area contributed by atoms with Crippen molar-refractivity contribution in [1.29, 1.82) is 0 Å². The largest absolute Gasteiger partial charge is 0.452 e. The summed E-state index contributed by atoms with van der Waals surface area (Å²) in [7, 11) is 3.14. The Morgan fingerprint density at radius 1 is 1.23 bits per heavy atom. The maximum Gasteiger partial charge on any atom is 0.452 e. The molecule has 6 nitrogen and oxygen atoms in total. The van der Waals surface area contributed by atoms with E-state index in [0.717, 1.165) is 4.40 Å². The maximum absolute atomic E-state index is 13.4. The molecule has 0 aliphatic rings. The number of alkyl halides is 3. The molecular formula is C16H16F3N5OS. The molecule has 0 fully saturated rings. The number of amides is 1. The lowest BCUT2D eigenvalue weighted by Crippen LogP contribution is -2.21. The first-order valence-corrected chi connectivity index (χ1v) is 8.62. The summed E-state index contributed by atoms with van der Waals surface area (Å²) in [6.07, 6.45) is -4.69. The first-order chi connectivity index (χ1) is 12.1. The molecule has 0 bridgehead atoms. The Morgan fingerprint density at radius 2 is 1.92 bits per heavy atom. The molecule has 0 radical (unpaired) electrons. The summed E-state index contributed by atoms with van der Waals surface area (Å²) in [4.78, 5) is 18.0. The van der Waals surface area contributed by atoms with Crippen molar-refractivity contribution in [3.05, 3.63) is 29.6 Å². The van der Waals surface area contributed by atoms with Crippen molar-refractivity contribution in [1.82, 2.24) is 24.5 Å². The van der Waals surface area contributed by atoms with Crippen molar-refractivity contribution in [2.75, 3.05) is 14.1 Å². The predicted molar refractivity (Wildman–Crippen MR) is 92.3 cm³/mol. The summed E-state index contributed by atoms with van der Waals surface area (Å²) in [6.45, 7) is 3.82. The normalized spacial score (nSPS) is 12.3. The van der Waals surface area contributed by atoms with Gasteiger partial charge in [-0.25, -0.2) is 4.98 Å². The van der Waals surface area contributed by atoms with Gasteiger partial charge in [-0.1, -0.05) is 25.6 Å². The average Bonchev–Trinajstić information content (AvgIpc) is 2.99. The highest BCUT2D eigenvalue weighted by Crippen LogP contribution is 2.34. The van der Waals surface area contributed by atoms with Gasteiger partial charge in [0.2, 0.25) is 5.82 Å². The third-order valence-electron chi connectivity index (χ3n) is 3.55. The highest BCUT2D eigenvalue weighted by Gasteiger charge is 2.38. The molecule has 26 heavy (non-hydrogen) atoms. The van der Waals surface area contributed by atoms with Gasteiger partial charge in [-0.05, 0) is 18.2 Å². The predicted octanol–water partition coefficient (Wildman–Crippen LogP) is 3.50. The van der Waals surface area contributed by atoms with E-state index >= 15 is 0 Å². The number of fused-ring (bicyclic) bond motifs is 3. The molecule has 1 aromatic carbocycles. The Hall–Kier alpha value is -2.36. The second-order valence-corrected chi connectivity index (χ2v) is 7.73. The van der Waals surface area contributed by atoms with Crippen LogP contribution in [0.2, 0.25) is 0 Å². The Morgan fingerprint density at radius 3 is 2.50 bits per heavy atom. The van der Waals surface area contributed by atoms with E-state index in [4.69, 9.17) is 0 Å². The van der Waals surface area contributed by atoms with Gasteiger partial charge in [0.05, 0.1) is 11.0 Å². The van der Waals surface area contributed by atoms with Gasteiger partial charge < -0.3 is 4.90 Å². The maximum atomic E-state index is 13.4. The van der Waals surface area contributed by atoms with Crippen LogP contribution in [0, 0.1) is 0 Å². The first-order valence-electron chi connectivity index (χ1n) is 7.74. The molecule has 0 aliphatic heterocycles. The molecule has 3 rings (SSSR count). The molecule has 0 saturated heterocycles. The van der Waals surface area contributed by atoms with Gasteiger partial charge in [0, 0.05) is 24.9 Å². The fraction of sp³-hybridized carbons (Fsp3) is 0.375. The quantitative estimate of drug-likeness (QED) is 0.648. The zero-order chi connectivity index (χ0) is 19.2. The van der Waals surface area contributed by atoms with Crippen LogP contribution >= 0.6 is 11.8 Å². The van der Waals surface area contributed by atoms with E-state index in [1.165, 1.54) is 28.8 Å². The SMILES string of the molecule is CC(C)Sc1nc2ccc(C(=O)N(C)C)cc2n2c(C(F)(F)F)nnc12. The zero-order valence-electron chi connectivity index (χ0n) is 14.5. The van der Waals surface area contributed by atoms with E-state index in [1.807, 2.05) is 13.8 Å². The van der Waals surface area contributed by atoms with Crippen LogP contribution in [-0.4, -0.2) is 49.7 Å². The molecule has 138 valence electrons. The van der Waals surface area contributed by atoms with E-state index < -0.39 is 12.0 Å². The minimum atomic E-state index is -4.69. The summed E-state index contributed by atoms with van der Waals surface area (Å²) in [6, 6.07) is 4.47. The fourth-order valence-corrected chi connectivity index (χ4v) is 3.32. The molecule has 0 aliphatic carbocycles. The molecule has 0 spiro atoms. The van der Waals surface area contributed by atoms with Crippen molar-refractivity contribution in [3.63, 3.8) is 0 Å². The number of nitrogens with zero attached hydrogens (tertiary/aromatic N) is 5. The minimum Gasteiger partial charge on any atom is -0.345 e. The number of benzene rings is 1. The monoisotopic (exact) mass is 383 g/mol. The highest BCUT2D eigenvalue weighted by atomic mass is 32.2. The van der Waals surface area contributed by atoms with Crippen molar-refractivity contribution in [3.8, 4) is 0 Å². The Labute approximate surface area is 151 Å².